The van der Waals surface area contributed by atoms with Gasteiger partial charge in [-0.15, -0.1) is 0 Å². The van der Waals surface area contributed by atoms with Crippen LogP contribution >= 0.6 is 11.6 Å². The third kappa shape index (κ3) is 6.20. The molecular formula is C26H31ClN2O4. The number of carbonyl (C=O) groups excluding carboxylic acids is 2. The molecular weight excluding hydrogens is 440 g/mol. The van der Waals surface area contributed by atoms with Crippen molar-refractivity contribution in [3.63, 3.8) is 0 Å². The third-order valence-electron chi connectivity index (χ3n) is 6.67. The van der Waals surface area contributed by atoms with Crippen LogP contribution in [0.4, 0.5) is 0 Å². The van der Waals surface area contributed by atoms with Gasteiger partial charge in [-0.1, -0.05) is 23.7 Å². The Morgan fingerprint density at radius 2 is 1.76 bits per heavy atom. The molecule has 176 valence electrons. The topological polar surface area (TPSA) is 67.9 Å². The van der Waals surface area contributed by atoms with Crippen LogP contribution in [0.1, 0.15) is 44.1 Å². The van der Waals surface area contributed by atoms with Gasteiger partial charge in [0.2, 0.25) is 11.8 Å². The Morgan fingerprint density at radius 1 is 1.09 bits per heavy atom. The number of ether oxygens (including phenoxy) is 2. The van der Waals surface area contributed by atoms with Crippen molar-refractivity contribution in [1.82, 2.24) is 10.2 Å². The molecule has 0 unspecified atom stereocenters. The van der Waals surface area contributed by atoms with E-state index in [1.807, 2.05) is 53.4 Å². The second-order valence-corrected chi connectivity index (χ2v) is 9.44. The van der Waals surface area contributed by atoms with Crippen LogP contribution in [-0.2, 0) is 16.0 Å². The highest BCUT2D eigenvalue weighted by Gasteiger charge is 2.38. The molecule has 7 heteroatoms. The fourth-order valence-corrected chi connectivity index (χ4v) is 4.88. The molecule has 33 heavy (non-hydrogen) atoms. The lowest BCUT2D eigenvalue weighted by atomic mass is 9.85. The number of likely N-dealkylation sites (tertiary alicyclic amines) is 1. The average Bonchev–Trinajstić information content (AvgIpc) is 3.20. The Morgan fingerprint density at radius 3 is 2.36 bits per heavy atom. The minimum atomic E-state index is -0.365. The Labute approximate surface area is 200 Å². The van der Waals surface area contributed by atoms with Crippen molar-refractivity contribution in [2.75, 3.05) is 20.2 Å². The van der Waals surface area contributed by atoms with E-state index < -0.39 is 0 Å². The Balaban J connectivity index is 1.27. The summed E-state index contributed by atoms with van der Waals surface area (Å²) in [5.41, 5.74) is 0.752. The van der Waals surface area contributed by atoms with Crippen molar-refractivity contribution in [2.45, 2.75) is 56.6 Å². The fraction of sp³-hybridized carbons (Fsp3) is 0.462. The van der Waals surface area contributed by atoms with E-state index in [1.54, 1.807) is 7.11 Å². The van der Waals surface area contributed by atoms with Crippen LogP contribution < -0.4 is 14.8 Å². The molecule has 0 aliphatic carbocycles. The second kappa shape index (κ2) is 10.5. The number of rotatable bonds is 8. The van der Waals surface area contributed by atoms with Gasteiger partial charge >= 0.3 is 0 Å². The number of hydrogen-bond acceptors (Lipinski definition) is 4. The van der Waals surface area contributed by atoms with E-state index in [9.17, 15) is 9.59 Å². The van der Waals surface area contributed by atoms with E-state index in [1.165, 1.54) is 0 Å². The first-order valence-electron chi connectivity index (χ1n) is 11.6. The van der Waals surface area contributed by atoms with Gasteiger partial charge < -0.3 is 19.7 Å². The Bertz CT molecular complexity index is 955. The molecule has 0 aromatic heterocycles. The maximum atomic E-state index is 13.0. The maximum Gasteiger partial charge on any atom is 0.222 e. The predicted molar refractivity (Wildman–Crippen MR) is 128 cm³/mol. The molecule has 1 atom stereocenters. The van der Waals surface area contributed by atoms with Crippen LogP contribution in [0.2, 0.25) is 5.02 Å². The Hall–Kier alpha value is -2.73. The zero-order valence-corrected chi connectivity index (χ0v) is 19.8. The molecule has 2 amide bonds. The molecule has 2 fully saturated rings. The van der Waals surface area contributed by atoms with Crippen LogP contribution in [0, 0.1) is 0 Å². The summed E-state index contributed by atoms with van der Waals surface area (Å²) < 4.78 is 11.3. The summed E-state index contributed by atoms with van der Waals surface area (Å²) >= 11 is 6.01. The molecule has 0 spiro atoms. The van der Waals surface area contributed by atoms with E-state index in [4.69, 9.17) is 21.1 Å². The highest BCUT2D eigenvalue weighted by molar-refractivity contribution is 6.30. The van der Waals surface area contributed by atoms with Crippen LogP contribution in [0.15, 0.2) is 48.5 Å². The van der Waals surface area contributed by atoms with Crippen molar-refractivity contribution < 1.29 is 19.1 Å². The van der Waals surface area contributed by atoms with Gasteiger partial charge in [0.1, 0.15) is 17.6 Å². The first-order valence-corrected chi connectivity index (χ1v) is 12.0. The number of nitrogens with one attached hydrogen (secondary N) is 1. The summed E-state index contributed by atoms with van der Waals surface area (Å²) in [4.78, 5) is 26.9. The standard InChI is InChI=1S/C26H31ClN2O4/c1-32-21-6-8-22(9-7-21)33-23-12-16-29(17-13-23)25(31)11-15-26(14-10-24(30)28-26)18-19-2-4-20(27)5-3-19/h2-9,23H,10-18H2,1H3,(H,28,30)/t26-/m0/s1. The zero-order chi connectivity index (χ0) is 23.3. The van der Waals surface area contributed by atoms with E-state index in [0.29, 0.717) is 43.8 Å². The number of benzene rings is 2. The van der Waals surface area contributed by atoms with Crippen LogP contribution in [0.5, 0.6) is 11.5 Å². The van der Waals surface area contributed by atoms with Gasteiger partial charge in [-0.05, 0) is 61.2 Å². The minimum absolute atomic E-state index is 0.0629. The van der Waals surface area contributed by atoms with Gasteiger partial charge in [0.15, 0.2) is 0 Å². The minimum Gasteiger partial charge on any atom is -0.497 e. The number of nitrogens with zero attached hydrogens (tertiary/aromatic N) is 1. The number of carbonyl (C=O) groups is 2. The van der Waals surface area contributed by atoms with E-state index in [2.05, 4.69) is 5.32 Å². The van der Waals surface area contributed by atoms with Crippen molar-refractivity contribution in [3.05, 3.63) is 59.1 Å². The lowest BCUT2D eigenvalue weighted by Crippen LogP contribution is -2.46. The van der Waals surface area contributed by atoms with Gasteiger partial charge in [-0.25, -0.2) is 0 Å². The molecule has 2 saturated heterocycles. The smallest absolute Gasteiger partial charge is 0.222 e. The summed E-state index contributed by atoms with van der Waals surface area (Å²) in [6.07, 6.45) is 4.76. The molecule has 2 aromatic carbocycles. The molecule has 4 rings (SSSR count). The van der Waals surface area contributed by atoms with Crippen LogP contribution in [0.25, 0.3) is 0 Å². The summed E-state index contributed by atoms with van der Waals surface area (Å²) in [7, 11) is 1.64. The lowest BCUT2D eigenvalue weighted by molar-refractivity contribution is -0.133. The number of hydrogen-bond donors (Lipinski definition) is 1. The third-order valence-corrected chi connectivity index (χ3v) is 6.92. The first-order chi connectivity index (χ1) is 15.9. The number of methoxy groups -OCH3 is 1. The molecule has 0 radical (unpaired) electrons. The first kappa shape index (κ1) is 23.4. The van der Waals surface area contributed by atoms with E-state index >= 15 is 0 Å². The average molecular weight is 471 g/mol. The molecule has 2 aromatic rings. The van der Waals surface area contributed by atoms with Crippen molar-refractivity contribution >= 4 is 23.4 Å². The number of piperidine rings is 1. The van der Waals surface area contributed by atoms with E-state index in [-0.39, 0.29) is 23.5 Å². The van der Waals surface area contributed by atoms with Gasteiger partial charge in [0, 0.05) is 49.3 Å². The highest BCUT2D eigenvalue weighted by atomic mass is 35.5. The van der Waals surface area contributed by atoms with Gasteiger partial charge in [0.25, 0.3) is 0 Å². The van der Waals surface area contributed by atoms with Gasteiger partial charge in [0.05, 0.1) is 7.11 Å². The number of amides is 2. The van der Waals surface area contributed by atoms with Crippen molar-refractivity contribution in [1.29, 1.82) is 0 Å². The number of halogens is 1. The quantitative estimate of drug-likeness (QED) is 0.621. The lowest BCUT2D eigenvalue weighted by Gasteiger charge is -2.34. The predicted octanol–water partition coefficient (Wildman–Crippen LogP) is 4.39. The van der Waals surface area contributed by atoms with Crippen LogP contribution in [-0.4, -0.2) is 48.6 Å². The van der Waals surface area contributed by atoms with Gasteiger partial charge in [-0.2, -0.15) is 0 Å². The molecule has 1 N–H and O–H groups in total. The van der Waals surface area contributed by atoms with Crippen LogP contribution in [0.3, 0.4) is 0 Å². The largest absolute Gasteiger partial charge is 0.497 e. The summed E-state index contributed by atoms with van der Waals surface area (Å²) in [5.74, 6) is 1.83. The van der Waals surface area contributed by atoms with Crippen molar-refractivity contribution in [3.8, 4) is 11.5 Å². The SMILES string of the molecule is COc1ccc(OC2CCN(C(=O)CC[C@]3(Cc4ccc(Cl)cc4)CCC(=O)N3)CC2)cc1. The second-order valence-electron chi connectivity index (χ2n) is 9.01. The highest BCUT2D eigenvalue weighted by Crippen LogP contribution is 2.31. The van der Waals surface area contributed by atoms with Gasteiger partial charge in [-0.3, -0.25) is 9.59 Å². The molecule has 6 nitrogen and oxygen atoms in total. The zero-order valence-electron chi connectivity index (χ0n) is 19.0. The molecule has 0 saturated carbocycles. The van der Waals surface area contributed by atoms with Crippen molar-refractivity contribution in [2.24, 2.45) is 0 Å². The fourth-order valence-electron chi connectivity index (χ4n) is 4.75. The monoisotopic (exact) mass is 470 g/mol. The Kier molecular flexibility index (Phi) is 7.43. The van der Waals surface area contributed by atoms with E-state index in [0.717, 1.165) is 36.3 Å². The molecule has 2 aliphatic rings. The summed E-state index contributed by atoms with van der Waals surface area (Å²) in [6.45, 7) is 1.38. The maximum absolute atomic E-state index is 13.0. The molecule has 2 heterocycles. The molecule has 2 aliphatic heterocycles. The summed E-state index contributed by atoms with van der Waals surface area (Å²) in [5, 5.41) is 3.85. The summed E-state index contributed by atoms with van der Waals surface area (Å²) in [6, 6.07) is 15.3. The molecule has 0 bridgehead atoms. The normalized spacial score (nSPS) is 21.0.